The van der Waals surface area contributed by atoms with Crippen molar-refractivity contribution in [1.29, 1.82) is 0 Å². The molecule has 0 unspecified atom stereocenters. The van der Waals surface area contributed by atoms with Gasteiger partial charge in [-0.25, -0.2) is 17.9 Å². The van der Waals surface area contributed by atoms with Gasteiger partial charge in [-0.15, -0.1) is 0 Å². The first kappa shape index (κ1) is 18.6. The molecule has 1 aliphatic heterocycles. The molecule has 0 spiro atoms. The molecule has 2 N–H and O–H groups in total. The summed E-state index contributed by atoms with van der Waals surface area (Å²) < 4.78 is 42.8. The minimum Gasteiger partial charge on any atom is -0.478 e. The first-order chi connectivity index (χ1) is 12.0. The zero-order chi connectivity index (χ0) is 19.3. The highest BCUT2D eigenvalue weighted by atomic mass is 35.5. The summed E-state index contributed by atoms with van der Waals surface area (Å²) in [5, 5.41) is 5.41. The van der Waals surface area contributed by atoms with Crippen LogP contribution in [0.15, 0.2) is 47.4 Å². The van der Waals surface area contributed by atoms with Crippen LogP contribution in [-0.4, -0.2) is 19.8 Å². The van der Waals surface area contributed by atoms with Gasteiger partial charge < -0.3 is 4.74 Å². The molecule has 0 saturated heterocycles. The van der Waals surface area contributed by atoms with Crippen LogP contribution in [0.5, 0.6) is 0 Å². The van der Waals surface area contributed by atoms with Crippen molar-refractivity contribution in [3.8, 4) is 0 Å². The molecular weight excluding hydrogens is 381 g/mol. The number of carbonyl (C=O) groups is 1. The normalized spacial score (nSPS) is 16.7. The molecule has 0 aliphatic carbocycles. The van der Waals surface area contributed by atoms with Gasteiger partial charge in [0.05, 0.1) is 5.57 Å². The second kappa shape index (κ2) is 6.19. The Bertz CT molecular complexity index is 1060. The zero-order valence-corrected chi connectivity index (χ0v) is 15.5. The van der Waals surface area contributed by atoms with Crippen molar-refractivity contribution < 1.29 is 22.3 Å². The number of hydrogen-bond donors (Lipinski definition) is 1. The quantitative estimate of drug-likeness (QED) is 0.863. The third-order valence-electron chi connectivity index (χ3n) is 3.97. The maximum atomic E-state index is 14.2. The molecule has 0 radical (unpaired) electrons. The van der Waals surface area contributed by atoms with Crippen molar-refractivity contribution in [3.05, 3.63) is 64.4 Å². The largest absolute Gasteiger partial charge is 0.478 e. The van der Waals surface area contributed by atoms with Crippen molar-refractivity contribution in [1.82, 2.24) is 0 Å². The third-order valence-corrected chi connectivity index (χ3v) is 5.15. The molecule has 2 aromatic rings. The molecule has 0 saturated carbocycles. The number of sulfonamides is 1. The maximum absolute atomic E-state index is 14.2. The van der Waals surface area contributed by atoms with E-state index in [4.69, 9.17) is 21.5 Å². The van der Waals surface area contributed by atoms with Crippen LogP contribution in [0.25, 0.3) is 11.3 Å². The van der Waals surface area contributed by atoms with Crippen LogP contribution >= 0.6 is 11.6 Å². The van der Waals surface area contributed by atoms with Crippen LogP contribution in [0.2, 0.25) is 5.02 Å². The van der Waals surface area contributed by atoms with Crippen molar-refractivity contribution in [2.45, 2.75) is 24.3 Å². The van der Waals surface area contributed by atoms with E-state index in [9.17, 15) is 17.6 Å². The van der Waals surface area contributed by atoms with Gasteiger partial charge in [0.25, 0.3) is 0 Å². The number of nitrogens with two attached hydrogens (primary N) is 1. The van der Waals surface area contributed by atoms with Gasteiger partial charge >= 0.3 is 0 Å². The molecule has 26 heavy (non-hydrogen) atoms. The van der Waals surface area contributed by atoms with Gasteiger partial charge in [0.1, 0.15) is 16.5 Å². The van der Waals surface area contributed by atoms with Gasteiger partial charge in [-0.2, -0.15) is 0 Å². The molecule has 1 aliphatic rings. The minimum absolute atomic E-state index is 0.155. The molecule has 0 amide bonds. The van der Waals surface area contributed by atoms with Crippen molar-refractivity contribution >= 4 is 38.7 Å². The Labute approximate surface area is 155 Å². The molecule has 5 nitrogen and oxygen atoms in total. The van der Waals surface area contributed by atoms with Gasteiger partial charge in [-0.1, -0.05) is 23.7 Å². The summed E-state index contributed by atoms with van der Waals surface area (Å²) in [7, 11) is -4.19. The Morgan fingerprint density at radius 3 is 2.38 bits per heavy atom. The molecule has 0 fully saturated rings. The Morgan fingerprint density at radius 2 is 1.81 bits per heavy atom. The van der Waals surface area contributed by atoms with Gasteiger partial charge in [-0.3, -0.25) is 4.79 Å². The minimum atomic E-state index is -4.19. The fourth-order valence-electron chi connectivity index (χ4n) is 2.74. The van der Waals surface area contributed by atoms with Crippen molar-refractivity contribution in [3.63, 3.8) is 0 Å². The monoisotopic (exact) mass is 395 g/mol. The number of primary sulfonamides is 1. The summed E-state index contributed by atoms with van der Waals surface area (Å²) >= 11 is 6.02. The first-order valence-corrected chi connectivity index (χ1v) is 9.50. The van der Waals surface area contributed by atoms with E-state index in [1.54, 1.807) is 38.1 Å². The predicted molar refractivity (Wildman–Crippen MR) is 96.2 cm³/mol. The average Bonchev–Trinajstić information content (AvgIpc) is 2.76. The second-order valence-corrected chi connectivity index (χ2v) is 8.31. The van der Waals surface area contributed by atoms with E-state index in [1.165, 1.54) is 6.07 Å². The SMILES string of the molecule is CC1(C)OC(c2ccc(S(N)(=O)=O)c(F)c2)=C(c2cccc(Cl)c2)C1=O. The highest BCUT2D eigenvalue weighted by molar-refractivity contribution is 7.89. The lowest BCUT2D eigenvalue weighted by molar-refractivity contribution is -0.125. The fraction of sp³-hybridized carbons (Fsp3) is 0.167. The molecule has 8 heteroatoms. The van der Waals surface area contributed by atoms with Gasteiger partial charge in [-0.05, 0) is 49.7 Å². The summed E-state index contributed by atoms with van der Waals surface area (Å²) in [5.74, 6) is -1.16. The topological polar surface area (TPSA) is 86.5 Å². The number of Topliss-reactive ketones (excluding diaryl/α,β-unsaturated/α-hetero) is 1. The molecular formula is C18H15ClFNO4S. The number of ether oxygens (including phenoxy) is 1. The van der Waals surface area contributed by atoms with E-state index in [1.807, 2.05) is 0 Å². The number of hydrogen-bond acceptors (Lipinski definition) is 4. The van der Waals surface area contributed by atoms with E-state index in [0.717, 1.165) is 12.1 Å². The van der Waals surface area contributed by atoms with Crippen LogP contribution in [-0.2, 0) is 19.6 Å². The van der Waals surface area contributed by atoms with E-state index in [-0.39, 0.29) is 22.7 Å². The highest BCUT2D eigenvalue weighted by Gasteiger charge is 2.43. The Balaban J connectivity index is 2.22. The Morgan fingerprint density at radius 1 is 1.12 bits per heavy atom. The number of halogens is 2. The smallest absolute Gasteiger partial charge is 0.240 e. The van der Waals surface area contributed by atoms with Gasteiger partial charge in [0.15, 0.2) is 5.60 Å². The van der Waals surface area contributed by atoms with Gasteiger partial charge in [0, 0.05) is 10.6 Å². The number of rotatable bonds is 3. The summed E-state index contributed by atoms with van der Waals surface area (Å²) in [6, 6.07) is 10.0. The van der Waals surface area contributed by atoms with Crippen LogP contribution in [0, 0.1) is 5.82 Å². The van der Waals surface area contributed by atoms with Crippen LogP contribution in [0.3, 0.4) is 0 Å². The van der Waals surface area contributed by atoms with Crippen molar-refractivity contribution in [2.24, 2.45) is 5.14 Å². The third kappa shape index (κ3) is 3.25. The molecule has 0 aromatic heterocycles. The molecule has 3 rings (SSSR count). The second-order valence-electron chi connectivity index (χ2n) is 6.35. The fourth-order valence-corrected chi connectivity index (χ4v) is 3.52. The van der Waals surface area contributed by atoms with Crippen LogP contribution in [0.1, 0.15) is 25.0 Å². The number of ketones is 1. The summed E-state index contributed by atoms with van der Waals surface area (Å²) in [6.45, 7) is 3.20. The summed E-state index contributed by atoms with van der Waals surface area (Å²) in [5.41, 5.74) is -0.148. The Kier molecular flexibility index (Phi) is 4.42. The predicted octanol–water partition coefficient (Wildman–Crippen LogP) is 3.37. The van der Waals surface area contributed by atoms with E-state index >= 15 is 0 Å². The molecule has 0 atom stereocenters. The standard InChI is InChI=1S/C18H15ClFNO4S/c1-18(2)17(22)15(10-4-3-5-12(19)8-10)16(25-18)11-6-7-14(13(20)9-11)26(21,23)24/h3-9H,1-2H3,(H2,21,23,24). The molecule has 0 bridgehead atoms. The van der Waals surface area contributed by atoms with Gasteiger partial charge in [0.2, 0.25) is 15.8 Å². The number of benzene rings is 2. The highest BCUT2D eigenvalue weighted by Crippen LogP contribution is 2.42. The average molecular weight is 396 g/mol. The zero-order valence-electron chi connectivity index (χ0n) is 13.9. The summed E-state index contributed by atoms with van der Waals surface area (Å²) in [4.78, 5) is 12.2. The summed E-state index contributed by atoms with van der Waals surface area (Å²) in [6.07, 6.45) is 0. The van der Waals surface area contributed by atoms with Crippen LogP contribution < -0.4 is 5.14 Å². The lowest BCUT2D eigenvalue weighted by Gasteiger charge is -2.18. The van der Waals surface area contributed by atoms with Crippen molar-refractivity contribution in [2.75, 3.05) is 0 Å². The Hall–Kier alpha value is -2.22. The first-order valence-electron chi connectivity index (χ1n) is 7.57. The maximum Gasteiger partial charge on any atom is 0.240 e. The van der Waals surface area contributed by atoms with E-state index in [0.29, 0.717) is 10.6 Å². The van der Waals surface area contributed by atoms with E-state index in [2.05, 4.69) is 0 Å². The lowest BCUT2D eigenvalue weighted by Crippen LogP contribution is -2.29. The molecule has 136 valence electrons. The number of carbonyl (C=O) groups excluding carboxylic acids is 1. The lowest BCUT2D eigenvalue weighted by atomic mass is 9.92. The molecule has 1 heterocycles. The molecule has 2 aromatic carbocycles. The van der Waals surface area contributed by atoms with Crippen LogP contribution in [0.4, 0.5) is 4.39 Å². The van der Waals surface area contributed by atoms with E-state index < -0.39 is 26.3 Å².